The number of hydrogen-bond donors (Lipinski definition) is 2. The second-order valence-electron chi connectivity index (χ2n) is 13.9. The van der Waals surface area contributed by atoms with Crippen molar-refractivity contribution in [3.8, 4) is 0 Å². The Labute approximate surface area is 308 Å². The van der Waals surface area contributed by atoms with Crippen molar-refractivity contribution in [2.24, 2.45) is 0 Å². The normalized spacial score (nSPS) is 13.3. The zero-order valence-corrected chi connectivity index (χ0v) is 32.5. The lowest BCUT2D eigenvalue weighted by atomic mass is 10.0. The van der Waals surface area contributed by atoms with Gasteiger partial charge in [0, 0.05) is 12.8 Å². The predicted octanol–water partition coefficient (Wildman–Crippen LogP) is 12.0. The number of allylic oxidation sites excluding steroid dienone is 6. The number of rotatable bonds is 37. The smallest absolute Gasteiger partial charge is 0.306 e. The molecule has 0 aromatic heterocycles. The van der Waals surface area contributed by atoms with E-state index in [1.807, 2.05) is 24.3 Å². The van der Waals surface area contributed by atoms with E-state index in [1.54, 1.807) is 6.08 Å². The van der Waals surface area contributed by atoms with Gasteiger partial charge in [-0.25, -0.2) is 0 Å². The lowest BCUT2D eigenvalue weighted by Crippen LogP contribution is -2.28. The molecule has 0 aliphatic heterocycles. The fourth-order valence-electron chi connectivity index (χ4n) is 5.74. The minimum Gasteiger partial charge on any atom is -0.462 e. The molecular formula is C44H78O6. The van der Waals surface area contributed by atoms with Gasteiger partial charge in [-0.3, -0.25) is 9.59 Å². The van der Waals surface area contributed by atoms with E-state index in [2.05, 4.69) is 32.1 Å². The van der Waals surface area contributed by atoms with Crippen LogP contribution in [0.3, 0.4) is 0 Å². The number of hydrogen-bond acceptors (Lipinski definition) is 6. The molecule has 0 bridgehead atoms. The largest absolute Gasteiger partial charge is 0.462 e. The third kappa shape index (κ3) is 37.1. The summed E-state index contributed by atoms with van der Waals surface area (Å²) in [6, 6.07) is 0. The Morgan fingerprint density at radius 2 is 1.06 bits per heavy atom. The van der Waals surface area contributed by atoms with Crippen LogP contribution in [-0.4, -0.2) is 47.6 Å². The first-order chi connectivity index (χ1) is 24.5. The molecule has 0 aliphatic rings. The number of carbonyl (C=O) groups excluding carboxylic acids is 2. The first-order valence-electron chi connectivity index (χ1n) is 20.8. The topological polar surface area (TPSA) is 93.1 Å². The van der Waals surface area contributed by atoms with Gasteiger partial charge in [-0.15, -0.1) is 0 Å². The van der Waals surface area contributed by atoms with Crippen molar-refractivity contribution in [2.75, 3.05) is 13.2 Å². The molecular weight excluding hydrogens is 624 g/mol. The van der Waals surface area contributed by atoms with Crippen molar-refractivity contribution in [1.82, 2.24) is 0 Å². The second-order valence-corrected chi connectivity index (χ2v) is 13.9. The third-order valence-corrected chi connectivity index (χ3v) is 8.96. The number of unbranched alkanes of at least 4 members (excludes halogenated alkanes) is 21. The van der Waals surface area contributed by atoms with Crippen molar-refractivity contribution in [1.29, 1.82) is 0 Å². The summed E-state index contributed by atoms with van der Waals surface area (Å²) in [7, 11) is 0. The van der Waals surface area contributed by atoms with Crippen molar-refractivity contribution < 1.29 is 29.3 Å². The van der Waals surface area contributed by atoms with Crippen LogP contribution in [0.1, 0.15) is 194 Å². The van der Waals surface area contributed by atoms with Crippen LogP contribution in [0.25, 0.3) is 0 Å². The van der Waals surface area contributed by atoms with E-state index in [4.69, 9.17) is 9.47 Å². The number of aliphatic hydroxyl groups excluding tert-OH is 2. The Morgan fingerprint density at radius 1 is 0.560 bits per heavy atom. The number of aliphatic hydroxyl groups is 2. The first kappa shape index (κ1) is 47.8. The van der Waals surface area contributed by atoms with Crippen molar-refractivity contribution in [2.45, 2.75) is 206 Å². The summed E-state index contributed by atoms with van der Waals surface area (Å²) >= 11 is 0. The lowest BCUT2D eigenvalue weighted by Gasteiger charge is -2.15. The molecule has 0 heterocycles. The van der Waals surface area contributed by atoms with Crippen LogP contribution in [0.4, 0.5) is 0 Å². The van der Waals surface area contributed by atoms with Crippen LogP contribution in [0.2, 0.25) is 0 Å². The SMILES string of the molecule is CCCCC/C=C\C/C=C\CC(O)/C=C\C=C\CCCC(=O)OC[C@H](CO)OC(=O)CCCCCCCCCCCCCCCCCCCC. The summed E-state index contributed by atoms with van der Waals surface area (Å²) in [6.07, 6.45) is 46.3. The Hall–Kier alpha value is -2.18. The molecule has 0 radical (unpaired) electrons. The zero-order valence-electron chi connectivity index (χ0n) is 32.5. The van der Waals surface area contributed by atoms with Gasteiger partial charge in [0.25, 0.3) is 0 Å². The van der Waals surface area contributed by atoms with Crippen molar-refractivity contribution in [3.63, 3.8) is 0 Å². The molecule has 2 atom stereocenters. The summed E-state index contributed by atoms with van der Waals surface area (Å²) in [5.41, 5.74) is 0. The van der Waals surface area contributed by atoms with Crippen molar-refractivity contribution >= 4 is 11.9 Å². The Balaban J connectivity index is 3.70. The molecule has 0 amide bonds. The minimum absolute atomic E-state index is 0.125. The molecule has 0 fully saturated rings. The van der Waals surface area contributed by atoms with Gasteiger partial charge < -0.3 is 19.7 Å². The molecule has 0 saturated heterocycles. The van der Waals surface area contributed by atoms with Gasteiger partial charge in [0.2, 0.25) is 0 Å². The van der Waals surface area contributed by atoms with E-state index in [1.165, 1.54) is 116 Å². The molecule has 0 aromatic carbocycles. The van der Waals surface area contributed by atoms with Crippen LogP contribution in [-0.2, 0) is 19.1 Å². The van der Waals surface area contributed by atoms with Crippen LogP contribution in [0.15, 0.2) is 48.6 Å². The van der Waals surface area contributed by atoms with Crippen molar-refractivity contribution in [3.05, 3.63) is 48.6 Å². The van der Waals surface area contributed by atoms with Gasteiger partial charge in [-0.05, 0) is 44.9 Å². The summed E-state index contributed by atoms with van der Waals surface area (Å²) in [5.74, 6) is -0.716. The highest BCUT2D eigenvalue weighted by molar-refractivity contribution is 5.70. The summed E-state index contributed by atoms with van der Waals surface area (Å²) in [6.45, 7) is 3.99. The van der Waals surface area contributed by atoms with Gasteiger partial charge in [0.05, 0.1) is 12.7 Å². The highest BCUT2D eigenvalue weighted by atomic mass is 16.6. The maximum Gasteiger partial charge on any atom is 0.306 e. The Morgan fingerprint density at radius 3 is 1.64 bits per heavy atom. The Kier molecular flexibility index (Phi) is 37.9. The molecule has 0 saturated carbocycles. The number of ether oxygens (including phenoxy) is 2. The number of esters is 2. The molecule has 6 nitrogen and oxygen atoms in total. The Bertz CT molecular complexity index is 861. The molecule has 290 valence electrons. The highest BCUT2D eigenvalue weighted by Gasteiger charge is 2.16. The number of carbonyl (C=O) groups is 2. The summed E-state index contributed by atoms with van der Waals surface area (Å²) in [4.78, 5) is 24.3. The molecule has 2 N–H and O–H groups in total. The van der Waals surface area contributed by atoms with E-state index in [0.717, 1.165) is 32.1 Å². The van der Waals surface area contributed by atoms with Crippen LogP contribution in [0, 0.1) is 0 Å². The van der Waals surface area contributed by atoms with E-state index >= 15 is 0 Å². The predicted molar refractivity (Wildman–Crippen MR) is 211 cm³/mol. The van der Waals surface area contributed by atoms with E-state index in [9.17, 15) is 19.8 Å². The molecule has 0 spiro atoms. The minimum atomic E-state index is -0.819. The maximum absolute atomic E-state index is 12.2. The molecule has 0 aliphatic carbocycles. The van der Waals surface area contributed by atoms with Gasteiger partial charge in [-0.1, -0.05) is 184 Å². The fraction of sp³-hybridized carbons (Fsp3) is 0.773. The summed E-state index contributed by atoms with van der Waals surface area (Å²) < 4.78 is 10.5. The van der Waals surface area contributed by atoms with Gasteiger partial charge >= 0.3 is 11.9 Å². The van der Waals surface area contributed by atoms with E-state index in [-0.39, 0.29) is 31.6 Å². The monoisotopic (exact) mass is 703 g/mol. The van der Waals surface area contributed by atoms with Gasteiger partial charge in [0.1, 0.15) is 6.61 Å². The molecule has 6 heteroatoms. The van der Waals surface area contributed by atoms with Gasteiger partial charge in [-0.2, -0.15) is 0 Å². The standard InChI is InChI=1S/C44H78O6/c1-3-5-7-9-11-13-14-15-16-17-18-19-20-21-23-25-29-34-38-44(48)50-42(39-45)40-49-43(47)37-33-30-26-28-32-36-41(46)35-31-27-24-22-12-10-8-6-4-2/h12,22,26-28,31-32,36,41-42,45-46H,3-11,13-21,23-25,29-30,33-35,37-40H2,1-2H3/b22-12-,28-26+,31-27-,36-32-/t41?,42-/m0/s1. The molecule has 0 aromatic rings. The third-order valence-electron chi connectivity index (χ3n) is 8.96. The van der Waals surface area contributed by atoms with Crippen LogP contribution in [0.5, 0.6) is 0 Å². The maximum atomic E-state index is 12.2. The van der Waals surface area contributed by atoms with Gasteiger partial charge in [0.15, 0.2) is 6.10 Å². The highest BCUT2D eigenvalue weighted by Crippen LogP contribution is 2.15. The van der Waals surface area contributed by atoms with Crippen LogP contribution < -0.4 is 0 Å². The fourth-order valence-corrected chi connectivity index (χ4v) is 5.74. The zero-order chi connectivity index (χ0) is 36.6. The average Bonchev–Trinajstić information content (AvgIpc) is 3.11. The molecule has 0 rings (SSSR count). The second kappa shape index (κ2) is 39.6. The molecule has 1 unspecified atom stereocenters. The van der Waals surface area contributed by atoms with E-state index in [0.29, 0.717) is 25.7 Å². The molecule has 50 heavy (non-hydrogen) atoms. The van der Waals surface area contributed by atoms with Crippen LogP contribution >= 0.6 is 0 Å². The average molecular weight is 703 g/mol. The lowest BCUT2D eigenvalue weighted by molar-refractivity contribution is -0.161. The quantitative estimate of drug-likeness (QED) is 0.0290. The first-order valence-corrected chi connectivity index (χ1v) is 20.8. The van der Waals surface area contributed by atoms with E-state index < -0.39 is 12.2 Å². The summed E-state index contributed by atoms with van der Waals surface area (Å²) in [5, 5.41) is 19.6.